The normalized spacial score (nSPS) is 33.2. The molecule has 0 aliphatic carbocycles. The summed E-state index contributed by atoms with van der Waals surface area (Å²) in [7, 11) is 1.72. The minimum Gasteiger partial charge on any atom is -0.326 e. The van der Waals surface area contributed by atoms with Crippen LogP contribution in [0.2, 0.25) is 0 Å². The fourth-order valence-corrected chi connectivity index (χ4v) is 2.38. The van der Waals surface area contributed by atoms with Gasteiger partial charge in [0.25, 0.3) is 0 Å². The van der Waals surface area contributed by atoms with Gasteiger partial charge in [-0.2, -0.15) is 5.06 Å². The zero-order chi connectivity index (χ0) is 10.3. The molecule has 3 nitrogen and oxygen atoms in total. The highest BCUT2D eigenvalue weighted by atomic mass is 16.7. The molecule has 1 saturated heterocycles. The molecule has 1 unspecified atom stereocenters. The molecular weight excluding hydrogens is 164 g/mol. The van der Waals surface area contributed by atoms with E-state index in [1.165, 1.54) is 0 Å². The van der Waals surface area contributed by atoms with E-state index < -0.39 is 0 Å². The van der Waals surface area contributed by atoms with E-state index in [-0.39, 0.29) is 17.1 Å². The second-order valence-corrected chi connectivity index (χ2v) is 5.09. The monoisotopic (exact) mass is 186 g/mol. The van der Waals surface area contributed by atoms with Crippen molar-refractivity contribution in [3.05, 3.63) is 0 Å². The van der Waals surface area contributed by atoms with Crippen LogP contribution in [0, 0.1) is 0 Å². The van der Waals surface area contributed by atoms with Gasteiger partial charge in [0.2, 0.25) is 0 Å². The zero-order valence-electron chi connectivity index (χ0n) is 9.42. The Bertz CT molecular complexity index is 189. The summed E-state index contributed by atoms with van der Waals surface area (Å²) in [6.45, 7) is 8.68. The Hall–Kier alpha value is -0.120. The minimum absolute atomic E-state index is 0.0729. The Morgan fingerprint density at radius 3 is 2.23 bits per heavy atom. The average Bonchev–Trinajstić information content (AvgIpc) is 1.98. The van der Waals surface area contributed by atoms with Crippen molar-refractivity contribution < 1.29 is 4.84 Å². The molecule has 1 rings (SSSR count). The van der Waals surface area contributed by atoms with Gasteiger partial charge in [-0.1, -0.05) is 0 Å². The van der Waals surface area contributed by atoms with Crippen LogP contribution < -0.4 is 5.73 Å². The summed E-state index contributed by atoms with van der Waals surface area (Å²) in [4.78, 5) is 5.45. The van der Waals surface area contributed by atoms with Gasteiger partial charge in [0.15, 0.2) is 0 Å². The van der Waals surface area contributed by atoms with E-state index in [9.17, 15) is 0 Å². The molecule has 0 aromatic heterocycles. The van der Waals surface area contributed by atoms with E-state index in [0.29, 0.717) is 0 Å². The summed E-state index contributed by atoms with van der Waals surface area (Å²) < 4.78 is 0. The fourth-order valence-electron chi connectivity index (χ4n) is 2.38. The molecule has 1 aliphatic heterocycles. The second kappa shape index (κ2) is 3.23. The van der Waals surface area contributed by atoms with Gasteiger partial charge in [0, 0.05) is 11.6 Å². The van der Waals surface area contributed by atoms with Crippen molar-refractivity contribution in [1.82, 2.24) is 5.06 Å². The molecule has 0 aromatic rings. The zero-order valence-corrected chi connectivity index (χ0v) is 9.42. The van der Waals surface area contributed by atoms with Crippen LogP contribution in [0.15, 0.2) is 0 Å². The van der Waals surface area contributed by atoms with E-state index in [0.717, 1.165) is 12.8 Å². The third-order valence-corrected chi connectivity index (χ3v) is 3.23. The molecule has 0 saturated carbocycles. The molecule has 1 aliphatic rings. The molecule has 1 atom stereocenters. The molecule has 2 N–H and O–H groups in total. The van der Waals surface area contributed by atoms with Crippen molar-refractivity contribution in [3.8, 4) is 0 Å². The topological polar surface area (TPSA) is 38.5 Å². The number of piperidine rings is 1. The third-order valence-electron chi connectivity index (χ3n) is 3.23. The third kappa shape index (κ3) is 1.73. The van der Waals surface area contributed by atoms with Gasteiger partial charge in [-0.05, 0) is 40.5 Å². The number of nitrogens with two attached hydrogens (primary N) is 1. The number of hydrogen-bond donors (Lipinski definition) is 1. The summed E-state index contributed by atoms with van der Waals surface area (Å²) in [5.41, 5.74) is 6.10. The molecular formula is C10H22N2O. The number of nitrogens with zero attached hydrogens (tertiary/aromatic N) is 1. The van der Waals surface area contributed by atoms with E-state index in [1.807, 2.05) is 5.06 Å². The van der Waals surface area contributed by atoms with Crippen molar-refractivity contribution in [3.63, 3.8) is 0 Å². The van der Waals surface area contributed by atoms with Crippen LogP contribution in [-0.2, 0) is 4.84 Å². The summed E-state index contributed by atoms with van der Waals surface area (Å²) in [6, 6.07) is 0.195. The van der Waals surface area contributed by atoms with Gasteiger partial charge in [0.05, 0.1) is 12.6 Å². The van der Waals surface area contributed by atoms with Crippen molar-refractivity contribution in [1.29, 1.82) is 0 Å². The highest BCUT2D eigenvalue weighted by molar-refractivity contribution is 5.00. The van der Waals surface area contributed by atoms with E-state index in [1.54, 1.807) is 7.11 Å². The van der Waals surface area contributed by atoms with Gasteiger partial charge in [-0.3, -0.25) is 0 Å². The fraction of sp³-hybridized carbons (Fsp3) is 1.00. The lowest BCUT2D eigenvalue weighted by atomic mass is 9.79. The molecule has 0 amide bonds. The first kappa shape index (κ1) is 11.0. The lowest BCUT2D eigenvalue weighted by Gasteiger charge is -2.53. The minimum atomic E-state index is -0.0729. The predicted molar refractivity (Wildman–Crippen MR) is 54.2 cm³/mol. The Morgan fingerprint density at radius 2 is 1.85 bits per heavy atom. The largest absolute Gasteiger partial charge is 0.326 e. The number of hydrogen-bond acceptors (Lipinski definition) is 3. The molecule has 0 radical (unpaired) electrons. The highest BCUT2D eigenvalue weighted by Crippen LogP contribution is 2.37. The molecule has 78 valence electrons. The predicted octanol–water partition coefficient (Wildman–Crippen LogP) is 1.53. The summed E-state index contributed by atoms with van der Waals surface area (Å²) in [5, 5.41) is 2.04. The van der Waals surface area contributed by atoms with Crippen LogP contribution in [-0.4, -0.2) is 29.3 Å². The molecule has 1 fully saturated rings. The summed E-state index contributed by atoms with van der Waals surface area (Å²) >= 11 is 0. The van der Waals surface area contributed by atoms with Crippen molar-refractivity contribution in [2.24, 2.45) is 5.73 Å². The Balaban J connectivity index is 2.91. The smallest absolute Gasteiger partial charge is 0.0575 e. The second-order valence-electron chi connectivity index (χ2n) is 5.09. The first-order valence-electron chi connectivity index (χ1n) is 4.92. The molecule has 1 heterocycles. The van der Waals surface area contributed by atoms with Crippen LogP contribution in [0.3, 0.4) is 0 Å². The van der Waals surface area contributed by atoms with Crippen molar-refractivity contribution in [2.45, 2.75) is 57.7 Å². The van der Waals surface area contributed by atoms with Crippen LogP contribution >= 0.6 is 0 Å². The van der Waals surface area contributed by atoms with Gasteiger partial charge in [-0.25, -0.2) is 0 Å². The molecule has 13 heavy (non-hydrogen) atoms. The highest BCUT2D eigenvalue weighted by Gasteiger charge is 2.46. The van der Waals surface area contributed by atoms with Crippen molar-refractivity contribution in [2.75, 3.05) is 7.11 Å². The maximum absolute atomic E-state index is 6.08. The molecule has 3 heteroatoms. The van der Waals surface area contributed by atoms with Crippen LogP contribution in [0.1, 0.15) is 40.5 Å². The summed E-state index contributed by atoms with van der Waals surface area (Å²) in [6.07, 6.45) is 2.16. The first-order valence-corrected chi connectivity index (χ1v) is 4.92. The van der Waals surface area contributed by atoms with E-state index in [2.05, 4.69) is 27.7 Å². The lowest BCUT2D eigenvalue weighted by Crippen LogP contribution is -2.66. The Morgan fingerprint density at radius 1 is 1.31 bits per heavy atom. The van der Waals surface area contributed by atoms with Crippen molar-refractivity contribution >= 4 is 0 Å². The Kier molecular flexibility index (Phi) is 2.72. The summed E-state index contributed by atoms with van der Waals surface area (Å²) in [5.74, 6) is 0. The number of hydroxylamine groups is 2. The SMILES string of the molecule is CON1C(C)(C)CCC(N)C1(C)C. The van der Waals surface area contributed by atoms with Crippen LogP contribution in [0.25, 0.3) is 0 Å². The lowest BCUT2D eigenvalue weighted by molar-refractivity contribution is -0.268. The molecule has 0 bridgehead atoms. The standard InChI is InChI=1S/C10H22N2O/c1-9(2)7-6-8(11)10(3,4)12(9)13-5/h8H,6-7,11H2,1-5H3. The maximum atomic E-state index is 6.08. The van der Waals surface area contributed by atoms with Gasteiger partial charge >= 0.3 is 0 Å². The van der Waals surface area contributed by atoms with Crippen LogP contribution in [0.5, 0.6) is 0 Å². The first-order chi connectivity index (χ1) is 5.82. The molecule has 0 spiro atoms. The van der Waals surface area contributed by atoms with E-state index in [4.69, 9.17) is 10.6 Å². The van der Waals surface area contributed by atoms with Gasteiger partial charge in [-0.15, -0.1) is 0 Å². The van der Waals surface area contributed by atoms with Gasteiger partial charge < -0.3 is 10.6 Å². The van der Waals surface area contributed by atoms with Crippen LogP contribution in [0.4, 0.5) is 0 Å². The van der Waals surface area contributed by atoms with E-state index >= 15 is 0 Å². The Labute approximate surface area is 81.2 Å². The average molecular weight is 186 g/mol. The quantitative estimate of drug-likeness (QED) is 0.675. The maximum Gasteiger partial charge on any atom is 0.0575 e. The number of rotatable bonds is 1. The van der Waals surface area contributed by atoms with Gasteiger partial charge in [0.1, 0.15) is 0 Å². The molecule has 0 aromatic carbocycles.